The number of benzene rings is 1. The van der Waals surface area contributed by atoms with Crippen LogP contribution in [0.15, 0.2) is 24.3 Å². The van der Waals surface area contributed by atoms with E-state index in [2.05, 4.69) is 0 Å². The van der Waals surface area contributed by atoms with Crippen LogP contribution in [-0.4, -0.2) is 49.6 Å². The highest BCUT2D eigenvalue weighted by molar-refractivity contribution is 5.86. The molecule has 0 saturated heterocycles. The summed E-state index contributed by atoms with van der Waals surface area (Å²) in [5.74, 6) is -0.942. The van der Waals surface area contributed by atoms with Crippen molar-refractivity contribution >= 4 is 23.6 Å². The molecular formula is C15H20N2O3. The summed E-state index contributed by atoms with van der Waals surface area (Å²) in [7, 11) is 5.30. The summed E-state index contributed by atoms with van der Waals surface area (Å²) in [5.41, 5.74) is 2.73. The van der Waals surface area contributed by atoms with Crippen LogP contribution in [0.1, 0.15) is 11.1 Å². The molecule has 1 aromatic carbocycles. The minimum atomic E-state index is -0.970. The predicted molar refractivity (Wildman–Crippen MR) is 79.8 cm³/mol. The van der Waals surface area contributed by atoms with E-state index in [0.29, 0.717) is 6.54 Å². The smallest absolute Gasteiger partial charge is 0.328 e. The number of aryl methyl sites for hydroxylation is 1. The Morgan fingerprint density at radius 2 is 1.90 bits per heavy atom. The van der Waals surface area contributed by atoms with Gasteiger partial charge in [0, 0.05) is 32.9 Å². The van der Waals surface area contributed by atoms with E-state index in [1.807, 2.05) is 37.1 Å². The van der Waals surface area contributed by atoms with Gasteiger partial charge in [-0.05, 0) is 36.3 Å². The van der Waals surface area contributed by atoms with Crippen LogP contribution in [0.4, 0.5) is 5.69 Å². The Balaban J connectivity index is 2.86. The molecule has 0 saturated carbocycles. The summed E-state index contributed by atoms with van der Waals surface area (Å²) in [5, 5.41) is 8.62. The Hall–Kier alpha value is -2.30. The van der Waals surface area contributed by atoms with Crippen molar-refractivity contribution in [2.75, 3.05) is 32.6 Å². The molecule has 0 unspecified atom stereocenters. The Morgan fingerprint density at radius 1 is 1.25 bits per heavy atom. The highest BCUT2D eigenvalue weighted by Gasteiger charge is 2.09. The van der Waals surface area contributed by atoms with Gasteiger partial charge in [0.25, 0.3) is 0 Å². The number of nitrogens with zero attached hydrogens (tertiary/aromatic N) is 2. The molecule has 0 aliphatic rings. The number of anilines is 1. The van der Waals surface area contributed by atoms with E-state index in [-0.39, 0.29) is 5.91 Å². The number of hydrogen-bond donors (Lipinski definition) is 1. The lowest BCUT2D eigenvalue weighted by Crippen LogP contribution is -2.34. The zero-order valence-corrected chi connectivity index (χ0v) is 12.3. The molecule has 0 atom stereocenters. The lowest BCUT2D eigenvalue weighted by Gasteiger charge is -2.21. The van der Waals surface area contributed by atoms with Crippen molar-refractivity contribution in [3.63, 3.8) is 0 Å². The van der Waals surface area contributed by atoms with Crippen molar-refractivity contribution in [3.8, 4) is 0 Å². The molecule has 0 aliphatic carbocycles. The summed E-state index contributed by atoms with van der Waals surface area (Å²) in [6.45, 7) is 2.21. The normalized spacial score (nSPS) is 10.6. The van der Waals surface area contributed by atoms with Crippen molar-refractivity contribution in [1.82, 2.24) is 4.90 Å². The SMILES string of the molecule is Cc1cc(N(C)CC(=O)N(C)C)ccc1C=CC(=O)O. The highest BCUT2D eigenvalue weighted by Crippen LogP contribution is 2.19. The topological polar surface area (TPSA) is 60.9 Å². The number of aliphatic carboxylic acids is 1. The summed E-state index contributed by atoms with van der Waals surface area (Å²) in [6, 6.07) is 5.66. The molecule has 1 N–H and O–H groups in total. The molecule has 108 valence electrons. The molecule has 0 fully saturated rings. The van der Waals surface area contributed by atoms with Gasteiger partial charge in [0.1, 0.15) is 0 Å². The summed E-state index contributed by atoms with van der Waals surface area (Å²) < 4.78 is 0. The molecule has 0 aromatic heterocycles. The number of likely N-dealkylation sites (N-methyl/N-ethyl adjacent to an activating group) is 2. The molecule has 0 heterocycles. The highest BCUT2D eigenvalue weighted by atomic mass is 16.4. The van der Waals surface area contributed by atoms with Gasteiger partial charge in [0.2, 0.25) is 5.91 Å². The van der Waals surface area contributed by atoms with E-state index in [9.17, 15) is 9.59 Å². The Bertz CT molecular complexity index is 536. The molecule has 1 amide bonds. The van der Waals surface area contributed by atoms with Crippen molar-refractivity contribution in [3.05, 3.63) is 35.4 Å². The summed E-state index contributed by atoms with van der Waals surface area (Å²) in [6.07, 6.45) is 2.67. The molecule has 0 aliphatic heterocycles. The van der Waals surface area contributed by atoms with Gasteiger partial charge in [-0.25, -0.2) is 4.79 Å². The maximum absolute atomic E-state index is 11.7. The first-order valence-electron chi connectivity index (χ1n) is 6.24. The maximum Gasteiger partial charge on any atom is 0.328 e. The lowest BCUT2D eigenvalue weighted by atomic mass is 10.1. The fraction of sp³-hybridized carbons (Fsp3) is 0.333. The van der Waals surface area contributed by atoms with Crippen molar-refractivity contribution in [2.45, 2.75) is 6.92 Å². The molecule has 1 rings (SSSR count). The number of carboxylic acids is 1. The van der Waals surface area contributed by atoms with Crippen molar-refractivity contribution in [1.29, 1.82) is 0 Å². The second-order valence-electron chi connectivity index (χ2n) is 4.86. The minimum Gasteiger partial charge on any atom is -0.478 e. The van der Waals surface area contributed by atoms with E-state index >= 15 is 0 Å². The van der Waals surface area contributed by atoms with E-state index in [1.54, 1.807) is 25.1 Å². The Kier molecular flexibility index (Phi) is 5.32. The number of carbonyl (C=O) groups excluding carboxylic acids is 1. The van der Waals surface area contributed by atoms with Gasteiger partial charge < -0.3 is 14.9 Å². The fourth-order valence-corrected chi connectivity index (χ4v) is 1.68. The van der Waals surface area contributed by atoms with Gasteiger partial charge in [0.15, 0.2) is 0 Å². The number of hydrogen-bond acceptors (Lipinski definition) is 3. The van der Waals surface area contributed by atoms with Crippen LogP contribution in [0.2, 0.25) is 0 Å². The van der Waals surface area contributed by atoms with Crippen LogP contribution in [-0.2, 0) is 9.59 Å². The minimum absolute atomic E-state index is 0.0278. The standard InChI is InChI=1S/C15H20N2O3/c1-11-9-13(17(4)10-14(18)16(2)3)7-5-12(11)6-8-15(19)20/h5-9H,10H2,1-4H3,(H,19,20). The Morgan fingerprint density at radius 3 is 2.40 bits per heavy atom. The third kappa shape index (κ3) is 4.42. The molecule has 0 bridgehead atoms. The predicted octanol–water partition coefficient (Wildman–Crippen LogP) is 1.62. The third-order valence-electron chi connectivity index (χ3n) is 2.97. The van der Waals surface area contributed by atoms with Crippen LogP contribution < -0.4 is 4.90 Å². The van der Waals surface area contributed by atoms with Gasteiger partial charge in [-0.2, -0.15) is 0 Å². The van der Waals surface area contributed by atoms with Gasteiger partial charge in [-0.15, -0.1) is 0 Å². The van der Waals surface area contributed by atoms with Crippen LogP contribution in [0.5, 0.6) is 0 Å². The van der Waals surface area contributed by atoms with Crippen LogP contribution in [0.25, 0.3) is 6.08 Å². The largest absolute Gasteiger partial charge is 0.478 e. The monoisotopic (exact) mass is 276 g/mol. The summed E-state index contributed by atoms with van der Waals surface area (Å²) in [4.78, 5) is 25.6. The first kappa shape index (κ1) is 15.8. The van der Waals surface area contributed by atoms with E-state index in [0.717, 1.165) is 22.9 Å². The Labute approximate surface area is 119 Å². The second kappa shape index (κ2) is 6.75. The average molecular weight is 276 g/mol. The molecule has 5 heteroatoms. The quantitative estimate of drug-likeness (QED) is 0.830. The van der Waals surface area contributed by atoms with Gasteiger partial charge in [-0.3, -0.25) is 4.79 Å². The average Bonchev–Trinajstić information content (AvgIpc) is 2.36. The number of carboxylic acid groups (broad SMARTS) is 1. The first-order chi connectivity index (χ1) is 9.31. The zero-order chi connectivity index (χ0) is 15.3. The third-order valence-corrected chi connectivity index (χ3v) is 2.97. The van der Waals surface area contributed by atoms with Crippen molar-refractivity contribution in [2.24, 2.45) is 0 Å². The van der Waals surface area contributed by atoms with E-state index < -0.39 is 5.97 Å². The maximum atomic E-state index is 11.7. The van der Waals surface area contributed by atoms with Crippen LogP contribution in [0, 0.1) is 6.92 Å². The van der Waals surface area contributed by atoms with Crippen LogP contribution in [0.3, 0.4) is 0 Å². The van der Waals surface area contributed by atoms with Crippen LogP contribution >= 0.6 is 0 Å². The lowest BCUT2D eigenvalue weighted by molar-refractivity contribution is -0.131. The molecule has 1 aromatic rings. The van der Waals surface area contributed by atoms with E-state index in [4.69, 9.17) is 5.11 Å². The summed E-state index contributed by atoms with van der Waals surface area (Å²) >= 11 is 0. The van der Waals surface area contributed by atoms with E-state index in [1.165, 1.54) is 0 Å². The zero-order valence-electron chi connectivity index (χ0n) is 12.3. The number of amides is 1. The molecule has 5 nitrogen and oxygen atoms in total. The second-order valence-corrected chi connectivity index (χ2v) is 4.86. The molecule has 0 radical (unpaired) electrons. The van der Waals surface area contributed by atoms with Crippen molar-refractivity contribution < 1.29 is 14.7 Å². The molecule has 20 heavy (non-hydrogen) atoms. The number of carbonyl (C=O) groups is 2. The van der Waals surface area contributed by atoms with Gasteiger partial charge in [0.05, 0.1) is 6.54 Å². The first-order valence-corrected chi connectivity index (χ1v) is 6.24. The fourth-order valence-electron chi connectivity index (χ4n) is 1.68. The van der Waals surface area contributed by atoms with Gasteiger partial charge in [-0.1, -0.05) is 6.07 Å². The molecule has 0 spiro atoms. The molecular weight excluding hydrogens is 256 g/mol. The number of rotatable bonds is 5. The van der Waals surface area contributed by atoms with Gasteiger partial charge >= 0.3 is 5.97 Å².